The summed E-state index contributed by atoms with van der Waals surface area (Å²) >= 11 is 6.05. The Morgan fingerprint density at radius 1 is 1.29 bits per heavy atom. The van der Waals surface area contributed by atoms with Crippen LogP contribution in [0.4, 0.5) is 11.5 Å². The van der Waals surface area contributed by atoms with E-state index < -0.39 is 0 Å². The van der Waals surface area contributed by atoms with Crippen LogP contribution in [-0.2, 0) is 0 Å². The van der Waals surface area contributed by atoms with Crippen LogP contribution in [0.1, 0.15) is 30.6 Å². The molecule has 2 rings (SSSR count). The van der Waals surface area contributed by atoms with Gasteiger partial charge in [-0.3, -0.25) is 4.79 Å². The highest BCUT2D eigenvalue weighted by molar-refractivity contribution is 6.32. The Labute approximate surface area is 147 Å². The number of benzene rings is 1. The summed E-state index contributed by atoms with van der Waals surface area (Å²) in [6.07, 6.45) is 2.63. The Bertz CT molecular complexity index is 687. The quantitative estimate of drug-likeness (QED) is 0.776. The Hall–Kier alpha value is -2.27. The minimum Gasteiger partial charge on any atom is -0.495 e. The van der Waals surface area contributed by atoms with E-state index in [1.165, 1.54) is 0 Å². The number of amides is 1. The van der Waals surface area contributed by atoms with E-state index >= 15 is 0 Å². The first kappa shape index (κ1) is 18.1. The summed E-state index contributed by atoms with van der Waals surface area (Å²) in [6, 6.07) is 8.63. The van der Waals surface area contributed by atoms with Crippen molar-refractivity contribution in [2.75, 3.05) is 24.3 Å². The molecular formula is C18H22ClN3O2. The van der Waals surface area contributed by atoms with Gasteiger partial charge < -0.3 is 15.4 Å². The van der Waals surface area contributed by atoms with Crippen LogP contribution in [0.25, 0.3) is 0 Å². The molecule has 0 aliphatic heterocycles. The third kappa shape index (κ3) is 5.13. The normalized spacial score (nSPS) is 10.5. The van der Waals surface area contributed by atoms with E-state index in [-0.39, 0.29) is 5.91 Å². The van der Waals surface area contributed by atoms with Gasteiger partial charge >= 0.3 is 0 Å². The van der Waals surface area contributed by atoms with Crippen LogP contribution in [-0.4, -0.2) is 24.5 Å². The maximum Gasteiger partial charge on any atom is 0.257 e. The van der Waals surface area contributed by atoms with Crippen LogP contribution >= 0.6 is 11.6 Å². The molecule has 1 aromatic carbocycles. The van der Waals surface area contributed by atoms with Crippen molar-refractivity contribution >= 4 is 29.0 Å². The lowest BCUT2D eigenvalue weighted by atomic mass is 10.1. The molecular weight excluding hydrogens is 326 g/mol. The highest BCUT2D eigenvalue weighted by Crippen LogP contribution is 2.27. The van der Waals surface area contributed by atoms with Crippen molar-refractivity contribution in [1.29, 1.82) is 0 Å². The second-order valence-electron chi connectivity index (χ2n) is 5.84. The van der Waals surface area contributed by atoms with Crippen LogP contribution < -0.4 is 15.4 Å². The Balaban J connectivity index is 1.96. The average Bonchev–Trinajstić information content (AvgIpc) is 2.55. The zero-order valence-corrected chi connectivity index (χ0v) is 14.9. The van der Waals surface area contributed by atoms with Crippen molar-refractivity contribution in [1.82, 2.24) is 4.98 Å². The fraction of sp³-hybridized carbons (Fsp3) is 0.333. The van der Waals surface area contributed by atoms with E-state index in [0.29, 0.717) is 27.9 Å². The zero-order chi connectivity index (χ0) is 17.5. The molecule has 128 valence electrons. The van der Waals surface area contributed by atoms with E-state index in [1.54, 1.807) is 43.6 Å². The number of nitrogens with one attached hydrogen (secondary N) is 2. The minimum absolute atomic E-state index is 0.238. The van der Waals surface area contributed by atoms with Crippen molar-refractivity contribution in [2.24, 2.45) is 5.92 Å². The summed E-state index contributed by atoms with van der Waals surface area (Å²) in [6.45, 7) is 5.21. The Morgan fingerprint density at radius 3 is 2.67 bits per heavy atom. The van der Waals surface area contributed by atoms with Gasteiger partial charge in [-0.25, -0.2) is 4.98 Å². The molecule has 1 amide bonds. The summed E-state index contributed by atoms with van der Waals surface area (Å²) in [5.74, 6) is 1.73. The monoisotopic (exact) mass is 347 g/mol. The SMILES string of the molecule is COc1ccc(NC(=O)c2ccc(NCCC(C)C)nc2)cc1Cl. The molecule has 5 nitrogen and oxygen atoms in total. The summed E-state index contributed by atoms with van der Waals surface area (Å²) < 4.78 is 5.09. The molecule has 0 aliphatic rings. The molecule has 0 aliphatic carbocycles. The lowest BCUT2D eigenvalue weighted by Gasteiger charge is -2.09. The molecule has 0 radical (unpaired) electrons. The van der Waals surface area contributed by atoms with E-state index in [4.69, 9.17) is 16.3 Å². The maximum atomic E-state index is 12.2. The molecule has 0 atom stereocenters. The molecule has 6 heteroatoms. The lowest BCUT2D eigenvalue weighted by molar-refractivity contribution is 0.102. The van der Waals surface area contributed by atoms with Crippen LogP contribution in [0.15, 0.2) is 36.5 Å². The topological polar surface area (TPSA) is 63.2 Å². The molecule has 1 heterocycles. The van der Waals surface area contributed by atoms with Gasteiger partial charge in [0.25, 0.3) is 5.91 Å². The number of aromatic nitrogens is 1. The second kappa shape index (κ2) is 8.55. The van der Waals surface area contributed by atoms with Gasteiger partial charge in [-0.05, 0) is 42.7 Å². The smallest absolute Gasteiger partial charge is 0.257 e. The molecule has 2 aromatic rings. The third-order valence-electron chi connectivity index (χ3n) is 3.46. The molecule has 0 bridgehead atoms. The number of carbonyl (C=O) groups excluding carboxylic acids is 1. The zero-order valence-electron chi connectivity index (χ0n) is 14.1. The van der Waals surface area contributed by atoms with Crippen molar-refractivity contribution < 1.29 is 9.53 Å². The summed E-state index contributed by atoms with van der Waals surface area (Å²) in [5, 5.41) is 6.47. The molecule has 0 saturated heterocycles. The Kier molecular flexibility index (Phi) is 6.44. The maximum absolute atomic E-state index is 12.2. The van der Waals surface area contributed by atoms with Crippen molar-refractivity contribution in [3.63, 3.8) is 0 Å². The number of rotatable bonds is 7. The number of nitrogens with zero attached hydrogens (tertiary/aromatic N) is 1. The van der Waals surface area contributed by atoms with E-state index in [0.717, 1.165) is 18.8 Å². The Morgan fingerprint density at radius 2 is 2.08 bits per heavy atom. The van der Waals surface area contributed by atoms with Crippen molar-refractivity contribution in [3.05, 3.63) is 47.1 Å². The average molecular weight is 348 g/mol. The van der Waals surface area contributed by atoms with E-state index in [9.17, 15) is 4.79 Å². The number of methoxy groups -OCH3 is 1. The number of halogens is 1. The molecule has 0 unspecified atom stereocenters. The highest BCUT2D eigenvalue weighted by atomic mass is 35.5. The molecule has 2 N–H and O–H groups in total. The number of pyridine rings is 1. The van der Waals surface area contributed by atoms with Crippen molar-refractivity contribution in [3.8, 4) is 5.75 Å². The summed E-state index contributed by atoms with van der Waals surface area (Å²) in [4.78, 5) is 16.5. The van der Waals surface area contributed by atoms with Gasteiger partial charge in [-0.1, -0.05) is 25.4 Å². The van der Waals surface area contributed by atoms with Crippen LogP contribution in [0.3, 0.4) is 0 Å². The van der Waals surface area contributed by atoms with Crippen molar-refractivity contribution in [2.45, 2.75) is 20.3 Å². The molecule has 24 heavy (non-hydrogen) atoms. The predicted molar refractivity (Wildman–Crippen MR) is 98.1 cm³/mol. The number of anilines is 2. The van der Waals surface area contributed by atoms with Gasteiger partial charge in [0.1, 0.15) is 11.6 Å². The molecule has 0 saturated carbocycles. The van der Waals surface area contributed by atoms with E-state index in [1.807, 2.05) is 0 Å². The number of hydrogen-bond donors (Lipinski definition) is 2. The standard InChI is InChI=1S/C18H22ClN3O2/c1-12(2)8-9-20-17-7-4-13(11-21-17)18(23)22-14-5-6-16(24-3)15(19)10-14/h4-7,10-12H,8-9H2,1-3H3,(H,20,21)(H,22,23). The van der Waals surface area contributed by atoms with Gasteiger partial charge in [0, 0.05) is 18.4 Å². The fourth-order valence-corrected chi connectivity index (χ4v) is 2.33. The van der Waals surface area contributed by atoms with Gasteiger partial charge in [-0.2, -0.15) is 0 Å². The molecule has 1 aromatic heterocycles. The fourth-order valence-electron chi connectivity index (χ4n) is 2.07. The van der Waals surface area contributed by atoms with Gasteiger partial charge in [0.05, 0.1) is 17.7 Å². The largest absolute Gasteiger partial charge is 0.495 e. The summed E-state index contributed by atoms with van der Waals surface area (Å²) in [7, 11) is 1.54. The van der Waals surface area contributed by atoms with Gasteiger partial charge in [0.15, 0.2) is 0 Å². The third-order valence-corrected chi connectivity index (χ3v) is 3.76. The first-order chi connectivity index (χ1) is 11.5. The van der Waals surface area contributed by atoms with Crippen LogP contribution in [0.5, 0.6) is 5.75 Å². The first-order valence-electron chi connectivity index (χ1n) is 7.84. The minimum atomic E-state index is -0.238. The number of hydrogen-bond acceptors (Lipinski definition) is 4. The first-order valence-corrected chi connectivity index (χ1v) is 8.22. The van der Waals surface area contributed by atoms with Crippen LogP contribution in [0.2, 0.25) is 5.02 Å². The predicted octanol–water partition coefficient (Wildman–Crippen LogP) is 4.45. The molecule has 0 spiro atoms. The second-order valence-corrected chi connectivity index (χ2v) is 6.25. The summed E-state index contributed by atoms with van der Waals surface area (Å²) in [5.41, 5.74) is 1.08. The number of ether oxygens (including phenoxy) is 1. The van der Waals surface area contributed by atoms with E-state index in [2.05, 4.69) is 29.5 Å². The van der Waals surface area contributed by atoms with Gasteiger partial charge in [0.2, 0.25) is 0 Å². The highest BCUT2D eigenvalue weighted by Gasteiger charge is 2.09. The van der Waals surface area contributed by atoms with Crippen LogP contribution in [0, 0.1) is 5.92 Å². The number of carbonyl (C=O) groups is 1. The lowest BCUT2D eigenvalue weighted by Crippen LogP contribution is -2.13. The van der Waals surface area contributed by atoms with Gasteiger partial charge in [-0.15, -0.1) is 0 Å². The molecule has 0 fully saturated rings.